The highest BCUT2D eigenvalue weighted by Crippen LogP contribution is 2.31. The first kappa shape index (κ1) is 12.3. The summed E-state index contributed by atoms with van der Waals surface area (Å²) in [6, 6.07) is -0.348. The van der Waals surface area contributed by atoms with Crippen LogP contribution in [0.4, 0.5) is 0 Å². The van der Waals surface area contributed by atoms with E-state index in [9.17, 15) is 20.4 Å². The van der Waals surface area contributed by atoms with E-state index in [1.165, 1.54) is 6.42 Å². The van der Waals surface area contributed by atoms with Gasteiger partial charge in [0.2, 0.25) is 0 Å². The highest BCUT2D eigenvalue weighted by molar-refractivity contribution is 4.88. The number of nitrogens with zero attached hydrogens (tertiary/aromatic N) is 1. The van der Waals surface area contributed by atoms with Crippen LogP contribution in [0.1, 0.15) is 19.3 Å². The molecule has 5 nitrogen and oxygen atoms in total. The smallest absolute Gasteiger partial charge is 0.141 e. The monoisotopic (exact) mass is 232 g/mol. The van der Waals surface area contributed by atoms with Crippen molar-refractivity contribution in [1.29, 1.82) is 0 Å². The van der Waals surface area contributed by atoms with Gasteiger partial charge < -0.3 is 24.9 Å². The first-order chi connectivity index (χ1) is 7.60. The fraction of sp³-hybridized carbons (Fsp3) is 1.00. The van der Waals surface area contributed by atoms with Crippen LogP contribution in [0, 0.1) is 0 Å². The summed E-state index contributed by atoms with van der Waals surface area (Å²) in [5, 5.41) is 38.8. The molecular formula is C11H22NO4+. The molecule has 2 fully saturated rings. The molecule has 1 spiro atoms. The van der Waals surface area contributed by atoms with Gasteiger partial charge >= 0.3 is 0 Å². The van der Waals surface area contributed by atoms with Gasteiger partial charge in [0, 0.05) is 0 Å². The molecule has 4 atom stereocenters. The highest BCUT2D eigenvalue weighted by Gasteiger charge is 2.52. The van der Waals surface area contributed by atoms with E-state index in [0.29, 0.717) is 11.0 Å². The molecule has 16 heavy (non-hydrogen) atoms. The van der Waals surface area contributed by atoms with Crippen molar-refractivity contribution in [3.05, 3.63) is 0 Å². The van der Waals surface area contributed by atoms with Crippen LogP contribution in [0.25, 0.3) is 0 Å². The van der Waals surface area contributed by atoms with Crippen LogP contribution in [-0.2, 0) is 0 Å². The second-order valence-corrected chi connectivity index (χ2v) is 5.21. The van der Waals surface area contributed by atoms with E-state index in [1.807, 2.05) is 0 Å². The van der Waals surface area contributed by atoms with Crippen molar-refractivity contribution in [1.82, 2.24) is 0 Å². The molecule has 2 saturated heterocycles. The summed E-state index contributed by atoms with van der Waals surface area (Å²) in [5.74, 6) is 0. The quantitative estimate of drug-likeness (QED) is 0.412. The van der Waals surface area contributed by atoms with Gasteiger partial charge in [-0.3, -0.25) is 0 Å². The van der Waals surface area contributed by atoms with Crippen LogP contribution in [0.3, 0.4) is 0 Å². The van der Waals surface area contributed by atoms with Crippen molar-refractivity contribution in [3.63, 3.8) is 0 Å². The van der Waals surface area contributed by atoms with Crippen LogP contribution < -0.4 is 0 Å². The molecule has 2 heterocycles. The van der Waals surface area contributed by atoms with Crippen molar-refractivity contribution in [2.24, 2.45) is 0 Å². The van der Waals surface area contributed by atoms with Crippen molar-refractivity contribution in [2.75, 3.05) is 26.2 Å². The SMILES string of the molecule is OC[C@@H]1[C@H](O)[C@H](O)[C@@H](O)C[N+]12CCCCC2. The molecule has 2 aliphatic heterocycles. The number of hydrogen-bond donors (Lipinski definition) is 4. The van der Waals surface area contributed by atoms with Gasteiger partial charge in [-0.25, -0.2) is 0 Å². The number of aliphatic hydroxyl groups excluding tert-OH is 4. The molecule has 5 heteroatoms. The summed E-state index contributed by atoms with van der Waals surface area (Å²) in [4.78, 5) is 0. The van der Waals surface area contributed by atoms with Crippen LogP contribution in [-0.4, -0.2) is 75.5 Å². The number of rotatable bonds is 1. The van der Waals surface area contributed by atoms with Crippen molar-refractivity contribution in [2.45, 2.75) is 43.6 Å². The number of aliphatic hydroxyl groups is 4. The van der Waals surface area contributed by atoms with Crippen LogP contribution in [0.5, 0.6) is 0 Å². The van der Waals surface area contributed by atoms with Gasteiger partial charge in [-0.1, -0.05) is 0 Å². The minimum atomic E-state index is -1.12. The average molecular weight is 232 g/mol. The summed E-state index contributed by atoms with van der Waals surface area (Å²) in [6.07, 6.45) is 0.274. The molecule has 0 radical (unpaired) electrons. The van der Waals surface area contributed by atoms with E-state index in [-0.39, 0.29) is 12.6 Å². The van der Waals surface area contributed by atoms with Gasteiger partial charge in [0.1, 0.15) is 30.9 Å². The minimum Gasteiger partial charge on any atom is -0.390 e. The lowest BCUT2D eigenvalue weighted by molar-refractivity contribution is -0.967. The first-order valence-electron chi connectivity index (χ1n) is 6.11. The van der Waals surface area contributed by atoms with Crippen molar-refractivity contribution < 1.29 is 24.9 Å². The largest absolute Gasteiger partial charge is 0.390 e. The van der Waals surface area contributed by atoms with Crippen molar-refractivity contribution in [3.8, 4) is 0 Å². The Morgan fingerprint density at radius 2 is 1.56 bits per heavy atom. The fourth-order valence-electron chi connectivity index (χ4n) is 3.33. The Balaban J connectivity index is 2.21. The maximum Gasteiger partial charge on any atom is 0.141 e. The maximum absolute atomic E-state index is 9.94. The minimum absolute atomic E-state index is 0.134. The van der Waals surface area contributed by atoms with E-state index in [0.717, 1.165) is 25.9 Å². The molecule has 0 aliphatic carbocycles. The van der Waals surface area contributed by atoms with E-state index >= 15 is 0 Å². The van der Waals surface area contributed by atoms with E-state index < -0.39 is 18.3 Å². The zero-order valence-electron chi connectivity index (χ0n) is 9.50. The van der Waals surface area contributed by atoms with Crippen LogP contribution in [0.15, 0.2) is 0 Å². The zero-order chi connectivity index (χ0) is 11.8. The van der Waals surface area contributed by atoms with Gasteiger partial charge in [-0.2, -0.15) is 0 Å². The third-order valence-electron chi connectivity index (χ3n) is 4.29. The van der Waals surface area contributed by atoms with Crippen LogP contribution in [0.2, 0.25) is 0 Å². The normalized spacial score (nSPS) is 43.5. The van der Waals surface area contributed by atoms with Gasteiger partial charge in [0.15, 0.2) is 0 Å². The van der Waals surface area contributed by atoms with Crippen molar-refractivity contribution >= 4 is 0 Å². The molecule has 0 amide bonds. The predicted molar refractivity (Wildman–Crippen MR) is 57.6 cm³/mol. The average Bonchev–Trinajstić information content (AvgIpc) is 2.28. The van der Waals surface area contributed by atoms with Gasteiger partial charge in [0.05, 0.1) is 19.7 Å². The Kier molecular flexibility index (Phi) is 3.51. The molecule has 0 aromatic rings. The first-order valence-corrected chi connectivity index (χ1v) is 6.11. The van der Waals surface area contributed by atoms with Crippen LogP contribution >= 0.6 is 0 Å². The Bertz CT molecular complexity index is 242. The topological polar surface area (TPSA) is 80.9 Å². The molecule has 0 unspecified atom stereocenters. The van der Waals surface area contributed by atoms with E-state index in [2.05, 4.69) is 0 Å². The Hall–Kier alpha value is -0.200. The maximum atomic E-state index is 9.94. The molecule has 0 bridgehead atoms. The molecule has 2 rings (SSSR count). The third-order valence-corrected chi connectivity index (χ3v) is 4.29. The molecule has 0 aromatic carbocycles. The Morgan fingerprint density at radius 3 is 2.12 bits per heavy atom. The van der Waals surface area contributed by atoms with Gasteiger partial charge in [0.25, 0.3) is 0 Å². The lowest BCUT2D eigenvalue weighted by Crippen LogP contribution is -2.73. The second-order valence-electron chi connectivity index (χ2n) is 5.21. The highest BCUT2D eigenvalue weighted by atomic mass is 16.4. The number of piperidine rings is 2. The molecule has 0 saturated carbocycles. The Morgan fingerprint density at radius 1 is 0.938 bits per heavy atom. The van der Waals surface area contributed by atoms with Gasteiger partial charge in [-0.05, 0) is 19.3 Å². The summed E-state index contributed by atoms with van der Waals surface area (Å²) < 4.78 is 0.565. The lowest BCUT2D eigenvalue weighted by Gasteiger charge is -2.53. The molecule has 4 N–H and O–H groups in total. The Labute approximate surface area is 95.5 Å². The number of quaternary nitrogens is 1. The second kappa shape index (κ2) is 4.58. The predicted octanol–water partition coefficient (Wildman–Crippen LogP) is -1.56. The summed E-state index contributed by atoms with van der Waals surface area (Å²) in [7, 11) is 0. The van der Waals surface area contributed by atoms with E-state index in [4.69, 9.17) is 0 Å². The van der Waals surface area contributed by atoms with Gasteiger partial charge in [-0.15, -0.1) is 0 Å². The fourth-order valence-corrected chi connectivity index (χ4v) is 3.33. The third kappa shape index (κ3) is 1.87. The zero-order valence-corrected chi connectivity index (χ0v) is 9.50. The summed E-state index contributed by atoms with van der Waals surface area (Å²) in [5.41, 5.74) is 0. The molecular weight excluding hydrogens is 210 g/mol. The number of hydrogen-bond acceptors (Lipinski definition) is 4. The molecule has 0 aromatic heterocycles. The summed E-state index contributed by atoms with van der Waals surface area (Å²) >= 11 is 0. The standard InChI is InChI=1S/C11H22NO4/c13-7-8-10(15)11(16)9(14)6-12(8)4-2-1-3-5-12/h8-11,13-16H,1-7H2/q+1/t8-,9+,10+,11-/m1/s1. The molecule has 2 aliphatic rings. The lowest BCUT2D eigenvalue weighted by atomic mass is 9.88. The molecule has 94 valence electrons. The summed E-state index contributed by atoms with van der Waals surface area (Å²) in [6.45, 7) is 2.08. The van der Waals surface area contributed by atoms with E-state index in [1.54, 1.807) is 0 Å².